The lowest BCUT2D eigenvalue weighted by atomic mass is 9.76. The Balaban J connectivity index is 1.29. The zero-order valence-corrected chi connectivity index (χ0v) is 22.6. The maximum atomic E-state index is 13.0. The van der Waals surface area contributed by atoms with Crippen LogP contribution in [0.1, 0.15) is 47.0 Å². The maximum Gasteiger partial charge on any atom is 0.321 e. The molecule has 1 fully saturated rings. The van der Waals surface area contributed by atoms with E-state index in [1.54, 1.807) is 12.1 Å². The number of rotatable bonds is 4. The average molecular weight is 539 g/mol. The van der Waals surface area contributed by atoms with Crippen LogP contribution in [-0.4, -0.2) is 38.6 Å². The number of nitrogens with one attached hydrogen (secondary N) is 1. The molecule has 3 heterocycles. The predicted molar refractivity (Wildman–Crippen MR) is 157 cm³/mol. The highest BCUT2D eigenvalue weighted by Gasteiger charge is 2.35. The fourth-order valence-electron chi connectivity index (χ4n) is 5.87. The van der Waals surface area contributed by atoms with Crippen molar-refractivity contribution in [3.05, 3.63) is 106 Å². The zero-order chi connectivity index (χ0) is 26.9. The average Bonchev–Trinajstić information content (AvgIpc) is 3.29. The number of amides is 2. The number of nitrogens with zero attached hydrogens (tertiary/aromatic N) is 4. The Kier molecular flexibility index (Phi) is 6.83. The highest BCUT2D eigenvalue weighted by Crippen LogP contribution is 2.45. The number of allylic oxidation sites excluding steroid dienone is 1. The topological polar surface area (TPSA) is 89.1 Å². The van der Waals surface area contributed by atoms with Gasteiger partial charge in [-0.2, -0.15) is 0 Å². The standard InChI is InChI=1S/C31H31ClN6O/c1-20-34-13-16-38(20)19-23-17-22-3-2-12-35-30(22)29(27-9-4-24(32)18-28(23)27)21-10-14-37(15-11-21)31(39)36-26-7-5-25(33)6-8-26/h2-9,12-13,16-18,21,29H,10-11,14-15,19,33H2,1H3,(H,36,39). The summed E-state index contributed by atoms with van der Waals surface area (Å²) in [4.78, 5) is 24.2. The van der Waals surface area contributed by atoms with Crippen LogP contribution < -0.4 is 11.1 Å². The number of fused-ring (bicyclic) bond motifs is 2. The Morgan fingerprint density at radius 1 is 1.08 bits per heavy atom. The third-order valence-corrected chi connectivity index (χ3v) is 8.15. The highest BCUT2D eigenvalue weighted by atomic mass is 35.5. The maximum absolute atomic E-state index is 13.0. The van der Waals surface area contributed by atoms with Crippen LogP contribution in [0.5, 0.6) is 0 Å². The van der Waals surface area contributed by atoms with Crippen LogP contribution in [0, 0.1) is 12.8 Å². The van der Waals surface area contributed by atoms with Gasteiger partial charge in [0.05, 0.1) is 5.69 Å². The van der Waals surface area contributed by atoms with Gasteiger partial charge in [-0.15, -0.1) is 0 Å². The largest absolute Gasteiger partial charge is 0.399 e. The Hall–Kier alpha value is -4.10. The van der Waals surface area contributed by atoms with Gasteiger partial charge in [-0.25, -0.2) is 9.78 Å². The number of benzene rings is 2. The molecular formula is C31H31ClN6O. The van der Waals surface area contributed by atoms with E-state index < -0.39 is 0 Å². The van der Waals surface area contributed by atoms with Crippen molar-refractivity contribution in [2.75, 3.05) is 24.1 Å². The summed E-state index contributed by atoms with van der Waals surface area (Å²) in [5.74, 6) is 1.41. The van der Waals surface area contributed by atoms with Gasteiger partial charge in [-0.3, -0.25) is 4.98 Å². The monoisotopic (exact) mass is 538 g/mol. The number of hydrogen-bond donors (Lipinski definition) is 2. The van der Waals surface area contributed by atoms with Gasteiger partial charge in [-0.05, 0) is 96.5 Å². The fourth-order valence-corrected chi connectivity index (χ4v) is 6.04. The molecular weight excluding hydrogens is 508 g/mol. The van der Waals surface area contributed by atoms with E-state index >= 15 is 0 Å². The third-order valence-electron chi connectivity index (χ3n) is 7.92. The Morgan fingerprint density at radius 3 is 2.62 bits per heavy atom. The molecule has 1 atom stereocenters. The first kappa shape index (κ1) is 25.2. The summed E-state index contributed by atoms with van der Waals surface area (Å²) in [7, 11) is 0. The number of aryl methyl sites for hydroxylation is 1. The molecule has 2 aromatic carbocycles. The Bertz CT molecular complexity index is 1530. The van der Waals surface area contributed by atoms with E-state index in [2.05, 4.69) is 39.1 Å². The minimum atomic E-state index is -0.0792. The predicted octanol–water partition coefficient (Wildman–Crippen LogP) is 6.45. The van der Waals surface area contributed by atoms with Gasteiger partial charge in [-0.1, -0.05) is 23.7 Å². The van der Waals surface area contributed by atoms with E-state index in [-0.39, 0.29) is 11.9 Å². The summed E-state index contributed by atoms with van der Waals surface area (Å²) >= 11 is 6.56. The van der Waals surface area contributed by atoms with E-state index in [9.17, 15) is 4.79 Å². The molecule has 1 aliphatic heterocycles. The van der Waals surface area contributed by atoms with Crippen LogP contribution in [-0.2, 0) is 6.54 Å². The molecule has 0 spiro atoms. The molecule has 6 rings (SSSR count). The van der Waals surface area contributed by atoms with Crippen LogP contribution in [0.4, 0.5) is 16.2 Å². The molecule has 0 radical (unpaired) electrons. The van der Waals surface area contributed by atoms with Crippen molar-refractivity contribution in [2.24, 2.45) is 5.92 Å². The van der Waals surface area contributed by atoms with Crippen molar-refractivity contribution in [3.63, 3.8) is 0 Å². The number of carbonyl (C=O) groups excluding carboxylic acids is 1. The second-order valence-electron chi connectivity index (χ2n) is 10.3. The van der Waals surface area contributed by atoms with Crippen molar-refractivity contribution in [1.82, 2.24) is 19.4 Å². The van der Waals surface area contributed by atoms with Crippen molar-refractivity contribution in [3.8, 4) is 0 Å². The Labute approximate surface area is 233 Å². The van der Waals surface area contributed by atoms with Gasteiger partial charge in [0.2, 0.25) is 0 Å². The van der Waals surface area contributed by atoms with Gasteiger partial charge in [0, 0.05) is 60.5 Å². The summed E-state index contributed by atoms with van der Waals surface area (Å²) < 4.78 is 2.16. The fraction of sp³-hybridized carbons (Fsp3) is 0.258. The number of carbonyl (C=O) groups is 1. The second-order valence-corrected chi connectivity index (χ2v) is 10.8. The molecule has 2 aliphatic rings. The molecule has 2 amide bonds. The lowest BCUT2D eigenvalue weighted by molar-refractivity contribution is 0.177. The number of aromatic nitrogens is 3. The van der Waals surface area contributed by atoms with E-state index in [0.717, 1.165) is 41.2 Å². The number of piperidine rings is 1. The summed E-state index contributed by atoms with van der Waals surface area (Å²) in [6.07, 6.45) is 9.75. The van der Waals surface area contributed by atoms with Crippen molar-refractivity contribution in [1.29, 1.82) is 0 Å². The molecule has 2 aromatic heterocycles. The van der Waals surface area contributed by atoms with E-state index in [0.29, 0.717) is 36.3 Å². The van der Waals surface area contributed by atoms with Gasteiger partial charge in [0.15, 0.2) is 0 Å². The van der Waals surface area contributed by atoms with Gasteiger partial charge >= 0.3 is 6.03 Å². The first-order chi connectivity index (χ1) is 19.0. The van der Waals surface area contributed by atoms with Gasteiger partial charge < -0.3 is 20.5 Å². The molecule has 0 saturated carbocycles. The summed E-state index contributed by atoms with van der Waals surface area (Å²) in [5.41, 5.74) is 13.0. The van der Waals surface area contributed by atoms with Gasteiger partial charge in [0.25, 0.3) is 0 Å². The molecule has 3 N–H and O–H groups in total. The molecule has 8 heteroatoms. The Morgan fingerprint density at radius 2 is 1.87 bits per heavy atom. The number of urea groups is 1. The lowest BCUT2D eigenvalue weighted by Gasteiger charge is -2.36. The molecule has 198 valence electrons. The number of imidazole rings is 1. The minimum absolute atomic E-state index is 0.0792. The van der Waals surface area contributed by atoms with E-state index in [4.69, 9.17) is 22.3 Å². The zero-order valence-electron chi connectivity index (χ0n) is 21.8. The number of pyridine rings is 1. The van der Waals surface area contributed by atoms with Crippen LogP contribution in [0.3, 0.4) is 0 Å². The van der Waals surface area contributed by atoms with Crippen LogP contribution in [0.25, 0.3) is 11.6 Å². The normalized spacial score (nSPS) is 17.1. The molecule has 1 unspecified atom stereocenters. The van der Waals surface area contributed by atoms with E-state index in [1.807, 2.05) is 54.7 Å². The van der Waals surface area contributed by atoms with Crippen LogP contribution in [0.15, 0.2) is 73.2 Å². The SMILES string of the molecule is Cc1nccn1CC1=Cc2cccnc2C(C2CCN(C(=O)Nc3ccc(N)cc3)CC2)c2ccc(Cl)cc21. The number of nitrogen functional groups attached to an aromatic ring is 1. The van der Waals surface area contributed by atoms with Crippen molar-refractivity contribution >= 4 is 40.7 Å². The number of hydrogen-bond acceptors (Lipinski definition) is 4. The highest BCUT2D eigenvalue weighted by molar-refractivity contribution is 6.30. The quantitative estimate of drug-likeness (QED) is 0.292. The molecule has 4 aromatic rings. The summed E-state index contributed by atoms with van der Waals surface area (Å²) in [5, 5.41) is 3.72. The number of nitrogens with two attached hydrogens (primary N) is 1. The first-order valence-corrected chi connectivity index (χ1v) is 13.7. The summed E-state index contributed by atoms with van der Waals surface area (Å²) in [6.45, 7) is 4.08. The third kappa shape index (κ3) is 5.14. The minimum Gasteiger partial charge on any atom is -0.399 e. The molecule has 39 heavy (non-hydrogen) atoms. The van der Waals surface area contributed by atoms with Gasteiger partial charge in [0.1, 0.15) is 5.82 Å². The van der Waals surface area contributed by atoms with Crippen LogP contribution in [0.2, 0.25) is 5.02 Å². The second kappa shape index (κ2) is 10.6. The van der Waals surface area contributed by atoms with Crippen LogP contribution >= 0.6 is 11.6 Å². The molecule has 1 saturated heterocycles. The van der Waals surface area contributed by atoms with Crippen molar-refractivity contribution < 1.29 is 4.79 Å². The first-order valence-electron chi connectivity index (χ1n) is 13.3. The molecule has 0 bridgehead atoms. The summed E-state index contributed by atoms with van der Waals surface area (Å²) in [6, 6.07) is 17.5. The molecule has 1 aliphatic carbocycles. The number of anilines is 2. The van der Waals surface area contributed by atoms with Crippen molar-refractivity contribution in [2.45, 2.75) is 32.2 Å². The van der Waals surface area contributed by atoms with E-state index in [1.165, 1.54) is 11.1 Å². The lowest BCUT2D eigenvalue weighted by Crippen LogP contribution is -2.42. The smallest absolute Gasteiger partial charge is 0.321 e. The number of halogens is 1. The molecule has 7 nitrogen and oxygen atoms in total. The number of likely N-dealkylation sites (tertiary alicyclic amines) is 1.